The molecule has 1 fully saturated rings. The largest absolute Gasteiger partial charge is 0.394 e. The maximum Gasteiger partial charge on any atom is 0.253 e. The number of nitrogens with two attached hydrogens (primary N) is 1. The number of piperazine rings is 1. The number of likely N-dealkylation sites (N-methyl/N-ethyl adjacent to an activating group) is 1. The second kappa shape index (κ2) is 9.83. The van der Waals surface area contributed by atoms with Gasteiger partial charge in [0.1, 0.15) is 16.7 Å². The van der Waals surface area contributed by atoms with Gasteiger partial charge in [-0.05, 0) is 35.9 Å². The smallest absolute Gasteiger partial charge is 0.253 e. The normalized spacial score (nSPS) is 16.4. The van der Waals surface area contributed by atoms with Crippen LogP contribution in [0, 0.1) is 0 Å². The van der Waals surface area contributed by atoms with Crippen LogP contribution in [-0.4, -0.2) is 70.1 Å². The van der Waals surface area contributed by atoms with Crippen LogP contribution in [0.5, 0.6) is 0 Å². The van der Waals surface area contributed by atoms with Gasteiger partial charge in [0.2, 0.25) is 0 Å². The fourth-order valence-corrected chi connectivity index (χ4v) is 5.62. The van der Waals surface area contributed by atoms with E-state index in [0.29, 0.717) is 11.3 Å². The minimum absolute atomic E-state index is 0.0792. The standard InChI is InChI=1S/C27H29N5O2S/c1-2-31-12-14-32(15-13-31)26(34)20-10-8-19(9-11-20)23-16-22-24(29-18-30-25(22)35-23)27(28,17-33)21-6-4-3-5-7-21/h3-11,16,18,33H,2,12-15,17,28H2,1H3/t27-/m0/s1. The number of carbonyl (C=O) groups excluding carboxylic acids is 1. The third-order valence-electron chi connectivity index (χ3n) is 6.81. The lowest BCUT2D eigenvalue weighted by molar-refractivity contribution is 0.0643. The Morgan fingerprint density at radius 2 is 1.77 bits per heavy atom. The highest BCUT2D eigenvalue weighted by Gasteiger charge is 2.33. The molecule has 0 unspecified atom stereocenters. The van der Waals surface area contributed by atoms with Crippen LogP contribution in [0.3, 0.4) is 0 Å². The number of hydrogen-bond donors (Lipinski definition) is 2. The number of fused-ring (bicyclic) bond motifs is 1. The van der Waals surface area contributed by atoms with E-state index in [-0.39, 0.29) is 12.5 Å². The summed E-state index contributed by atoms with van der Waals surface area (Å²) in [5, 5.41) is 11.1. The van der Waals surface area contributed by atoms with E-state index in [1.54, 1.807) is 11.3 Å². The quantitative estimate of drug-likeness (QED) is 0.433. The Balaban J connectivity index is 1.43. The predicted octanol–water partition coefficient (Wildman–Crippen LogP) is 3.33. The summed E-state index contributed by atoms with van der Waals surface area (Å²) in [4.78, 5) is 28.0. The molecule has 3 N–H and O–H groups in total. The number of benzene rings is 2. The van der Waals surface area contributed by atoms with E-state index in [0.717, 1.165) is 58.9 Å². The van der Waals surface area contributed by atoms with E-state index >= 15 is 0 Å². The van der Waals surface area contributed by atoms with Crippen LogP contribution in [0.4, 0.5) is 0 Å². The molecule has 5 rings (SSSR count). The fourth-order valence-electron chi connectivity index (χ4n) is 4.62. The van der Waals surface area contributed by atoms with Gasteiger partial charge in [-0.3, -0.25) is 4.79 Å². The number of aliphatic hydroxyl groups excluding tert-OH is 1. The zero-order valence-corrected chi connectivity index (χ0v) is 20.5. The molecule has 2 aromatic heterocycles. The number of hydrogen-bond acceptors (Lipinski definition) is 7. The van der Waals surface area contributed by atoms with E-state index < -0.39 is 5.54 Å². The van der Waals surface area contributed by atoms with Gasteiger partial charge in [0.05, 0.1) is 12.3 Å². The molecule has 1 saturated heterocycles. The third kappa shape index (κ3) is 4.46. The van der Waals surface area contributed by atoms with Crippen molar-refractivity contribution in [3.05, 3.63) is 83.8 Å². The van der Waals surface area contributed by atoms with Gasteiger partial charge in [0, 0.05) is 42.0 Å². The van der Waals surface area contributed by atoms with Crippen molar-refractivity contribution < 1.29 is 9.90 Å². The van der Waals surface area contributed by atoms with Crippen LogP contribution in [-0.2, 0) is 5.54 Å². The zero-order chi connectivity index (χ0) is 24.4. The highest BCUT2D eigenvalue weighted by atomic mass is 32.1. The van der Waals surface area contributed by atoms with Gasteiger partial charge in [-0.2, -0.15) is 0 Å². The minimum atomic E-state index is -1.14. The van der Waals surface area contributed by atoms with Crippen molar-refractivity contribution in [2.24, 2.45) is 5.73 Å². The first-order valence-electron chi connectivity index (χ1n) is 11.9. The summed E-state index contributed by atoms with van der Waals surface area (Å²) in [5.41, 5.74) is 8.66. The molecule has 2 aromatic carbocycles. The summed E-state index contributed by atoms with van der Waals surface area (Å²) in [6, 6.07) is 19.3. The summed E-state index contributed by atoms with van der Waals surface area (Å²) < 4.78 is 0. The number of carbonyl (C=O) groups is 1. The van der Waals surface area contributed by atoms with Crippen LogP contribution >= 0.6 is 11.3 Å². The number of aliphatic hydroxyl groups is 1. The van der Waals surface area contributed by atoms with Crippen molar-refractivity contribution in [1.29, 1.82) is 0 Å². The van der Waals surface area contributed by atoms with Gasteiger partial charge in [0.15, 0.2) is 0 Å². The van der Waals surface area contributed by atoms with Crippen LogP contribution < -0.4 is 5.73 Å². The van der Waals surface area contributed by atoms with Crippen molar-refractivity contribution in [3.63, 3.8) is 0 Å². The number of nitrogens with zero attached hydrogens (tertiary/aromatic N) is 4. The van der Waals surface area contributed by atoms with Gasteiger partial charge < -0.3 is 20.6 Å². The summed E-state index contributed by atoms with van der Waals surface area (Å²) >= 11 is 1.54. The first-order valence-corrected chi connectivity index (χ1v) is 12.7. The molecule has 8 heteroatoms. The lowest BCUT2D eigenvalue weighted by Crippen LogP contribution is -2.48. The summed E-state index contributed by atoms with van der Waals surface area (Å²) in [5.74, 6) is 0.0792. The predicted molar refractivity (Wildman–Crippen MR) is 139 cm³/mol. The Morgan fingerprint density at radius 3 is 2.43 bits per heavy atom. The second-order valence-corrected chi connectivity index (χ2v) is 9.88. The van der Waals surface area contributed by atoms with Crippen LogP contribution in [0.2, 0.25) is 0 Å². The summed E-state index contributed by atoms with van der Waals surface area (Å²) in [7, 11) is 0. The summed E-state index contributed by atoms with van der Waals surface area (Å²) in [6.45, 7) is 6.26. The topological polar surface area (TPSA) is 95.6 Å². The van der Waals surface area contributed by atoms with E-state index in [2.05, 4.69) is 21.8 Å². The highest BCUT2D eigenvalue weighted by molar-refractivity contribution is 7.21. The highest BCUT2D eigenvalue weighted by Crippen LogP contribution is 2.37. The van der Waals surface area contributed by atoms with Crippen LogP contribution in [0.25, 0.3) is 20.7 Å². The molecule has 1 aliphatic heterocycles. The van der Waals surface area contributed by atoms with Crippen LogP contribution in [0.1, 0.15) is 28.5 Å². The third-order valence-corrected chi connectivity index (χ3v) is 7.91. The Labute approximate surface area is 208 Å². The molecule has 0 bridgehead atoms. The molecule has 7 nitrogen and oxygen atoms in total. The van der Waals surface area contributed by atoms with Gasteiger partial charge >= 0.3 is 0 Å². The Hall–Kier alpha value is -3.17. The molecule has 0 radical (unpaired) electrons. The molecular weight excluding hydrogens is 458 g/mol. The lowest BCUT2D eigenvalue weighted by atomic mass is 9.87. The van der Waals surface area contributed by atoms with Gasteiger partial charge in [0.25, 0.3) is 5.91 Å². The molecule has 1 aliphatic rings. The number of thiophene rings is 1. The molecule has 4 aromatic rings. The average molecular weight is 488 g/mol. The van der Waals surface area contributed by atoms with Crippen LogP contribution in [0.15, 0.2) is 67.0 Å². The van der Waals surface area contributed by atoms with Gasteiger partial charge in [-0.1, -0.05) is 49.4 Å². The zero-order valence-electron chi connectivity index (χ0n) is 19.7. The first kappa shape index (κ1) is 23.6. The Morgan fingerprint density at radius 1 is 1.06 bits per heavy atom. The SMILES string of the molecule is CCN1CCN(C(=O)c2ccc(-c3cc4c([C@](N)(CO)c5ccccc5)ncnc4s3)cc2)CC1. The van der Waals surface area contributed by atoms with Gasteiger partial charge in [-0.15, -0.1) is 11.3 Å². The van der Waals surface area contributed by atoms with Crippen molar-refractivity contribution >= 4 is 27.5 Å². The molecule has 0 saturated carbocycles. The fraction of sp³-hybridized carbons (Fsp3) is 0.296. The van der Waals surface area contributed by atoms with E-state index in [1.165, 1.54) is 6.33 Å². The molecule has 0 spiro atoms. The molecule has 1 atom stereocenters. The van der Waals surface area contributed by atoms with E-state index in [4.69, 9.17) is 5.73 Å². The number of amides is 1. The van der Waals surface area contributed by atoms with Gasteiger partial charge in [-0.25, -0.2) is 9.97 Å². The second-order valence-electron chi connectivity index (χ2n) is 8.85. The minimum Gasteiger partial charge on any atom is -0.394 e. The number of rotatable bonds is 6. The van der Waals surface area contributed by atoms with Crippen molar-refractivity contribution in [2.45, 2.75) is 12.5 Å². The van der Waals surface area contributed by atoms with Crippen molar-refractivity contribution in [1.82, 2.24) is 19.8 Å². The Kier molecular flexibility index (Phi) is 6.62. The van der Waals surface area contributed by atoms with Crippen molar-refractivity contribution in [3.8, 4) is 10.4 Å². The van der Waals surface area contributed by atoms with E-state index in [9.17, 15) is 9.90 Å². The lowest BCUT2D eigenvalue weighted by Gasteiger charge is -2.34. The van der Waals surface area contributed by atoms with E-state index in [1.807, 2.05) is 65.6 Å². The molecular formula is C27H29N5O2S. The molecule has 3 heterocycles. The maximum atomic E-state index is 13.0. The Bertz CT molecular complexity index is 1320. The van der Waals surface area contributed by atoms with Crippen molar-refractivity contribution in [2.75, 3.05) is 39.3 Å². The molecule has 180 valence electrons. The average Bonchev–Trinajstić information content (AvgIpc) is 3.37. The number of aromatic nitrogens is 2. The molecule has 35 heavy (non-hydrogen) atoms. The molecule has 1 amide bonds. The first-order chi connectivity index (χ1) is 17.0. The monoisotopic (exact) mass is 487 g/mol. The summed E-state index contributed by atoms with van der Waals surface area (Å²) in [6.07, 6.45) is 1.50. The molecule has 0 aliphatic carbocycles. The maximum absolute atomic E-state index is 13.0.